The minimum absolute atomic E-state index is 0.979. The Kier molecular flexibility index (Phi) is 4.85. The fourth-order valence-electron chi connectivity index (χ4n) is 1.03. The van der Waals surface area contributed by atoms with Crippen molar-refractivity contribution in [3.63, 3.8) is 0 Å². The van der Waals surface area contributed by atoms with Crippen LogP contribution in [0.4, 0.5) is 0 Å². The van der Waals surface area contributed by atoms with Crippen LogP contribution in [0.2, 0.25) is 0 Å². The summed E-state index contributed by atoms with van der Waals surface area (Å²) in [5.41, 5.74) is 0. The topological polar surface area (TPSA) is 135 Å². The smallest absolute Gasteiger partial charge is 0.309 e. The molecule has 0 heterocycles. The van der Waals surface area contributed by atoms with E-state index in [1.54, 1.807) is 0 Å². The Morgan fingerprint density at radius 1 is 1.25 bits per heavy atom. The molecule has 0 rings (SSSR count). The molecular weight excluding hydrogens is 264 g/mol. The molecule has 0 radical (unpaired) electrons. The number of hydrogen-bond donors (Lipinski definition) is 2. The van der Waals surface area contributed by atoms with Gasteiger partial charge in [0.05, 0.1) is 18.8 Å². The van der Waals surface area contributed by atoms with E-state index in [0.29, 0.717) is 0 Å². The average molecular weight is 276 g/mol. The van der Waals surface area contributed by atoms with Gasteiger partial charge in [0, 0.05) is 0 Å². The van der Waals surface area contributed by atoms with Gasteiger partial charge in [-0.2, -0.15) is 16.8 Å². The van der Waals surface area contributed by atoms with Crippen LogP contribution in [0, 0.1) is 5.92 Å². The lowest BCUT2D eigenvalue weighted by Gasteiger charge is -2.17. The average Bonchev–Trinajstić information content (AvgIpc) is 2.08. The predicted molar refractivity (Wildman–Crippen MR) is 52.9 cm³/mol. The minimum Gasteiger partial charge on any atom is -0.469 e. The third-order valence-electron chi connectivity index (χ3n) is 1.89. The lowest BCUT2D eigenvalue weighted by molar-refractivity contribution is -0.144. The molecular formula is C6H12O8S2. The number of ether oxygens (including phenoxy) is 1. The first-order valence-electron chi connectivity index (χ1n) is 3.98. The van der Waals surface area contributed by atoms with Crippen molar-refractivity contribution in [2.45, 2.75) is 12.2 Å². The zero-order valence-corrected chi connectivity index (χ0v) is 10.2. The molecule has 0 bridgehead atoms. The Hall–Kier alpha value is -0.710. The molecule has 96 valence electrons. The van der Waals surface area contributed by atoms with Gasteiger partial charge >= 0.3 is 5.97 Å². The van der Waals surface area contributed by atoms with E-state index in [2.05, 4.69) is 4.74 Å². The van der Waals surface area contributed by atoms with Crippen molar-refractivity contribution >= 4 is 26.2 Å². The molecule has 16 heavy (non-hydrogen) atoms. The number of methoxy groups -OCH3 is 1. The summed E-state index contributed by atoms with van der Waals surface area (Å²) in [5.74, 6) is -3.70. The molecule has 8 nitrogen and oxygen atoms in total. The van der Waals surface area contributed by atoms with Gasteiger partial charge in [-0.1, -0.05) is 6.92 Å². The van der Waals surface area contributed by atoms with Crippen LogP contribution in [0.1, 0.15) is 6.92 Å². The van der Waals surface area contributed by atoms with Gasteiger partial charge in [0.1, 0.15) is 5.25 Å². The summed E-state index contributed by atoms with van der Waals surface area (Å²) in [6, 6.07) is 0. The second-order valence-corrected chi connectivity index (χ2v) is 6.25. The second-order valence-electron chi connectivity index (χ2n) is 3.11. The van der Waals surface area contributed by atoms with Crippen molar-refractivity contribution in [3.05, 3.63) is 0 Å². The fraction of sp³-hybridized carbons (Fsp3) is 0.833. The van der Waals surface area contributed by atoms with Gasteiger partial charge in [-0.25, -0.2) is 0 Å². The SMILES string of the molecule is COC(=O)C(C)C(CS(=O)(=O)O)S(=O)(=O)O. The molecule has 2 unspecified atom stereocenters. The Morgan fingerprint density at radius 3 is 1.94 bits per heavy atom. The van der Waals surface area contributed by atoms with Crippen LogP contribution in [-0.2, 0) is 29.8 Å². The van der Waals surface area contributed by atoms with Crippen LogP contribution in [0.15, 0.2) is 0 Å². The summed E-state index contributed by atoms with van der Waals surface area (Å²) in [6.07, 6.45) is 0. The normalized spacial score (nSPS) is 16.5. The zero-order chi connectivity index (χ0) is 13.1. The van der Waals surface area contributed by atoms with Crippen LogP contribution in [0.5, 0.6) is 0 Å². The maximum Gasteiger partial charge on any atom is 0.309 e. The van der Waals surface area contributed by atoms with Crippen LogP contribution in [0.3, 0.4) is 0 Å². The highest BCUT2D eigenvalue weighted by Crippen LogP contribution is 2.15. The molecule has 0 saturated carbocycles. The monoisotopic (exact) mass is 276 g/mol. The van der Waals surface area contributed by atoms with Gasteiger partial charge in [0.25, 0.3) is 20.2 Å². The molecule has 2 N–H and O–H groups in total. The summed E-state index contributed by atoms with van der Waals surface area (Å²) in [4.78, 5) is 11.0. The van der Waals surface area contributed by atoms with Crippen LogP contribution >= 0.6 is 0 Å². The highest BCUT2D eigenvalue weighted by molar-refractivity contribution is 7.90. The van der Waals surface area contributed by atoms with Crippen molar-refractivity contribution in [2.75, 3.05) is 12.9 Å². The van der Waals surface area contributed by atoms with E-state index in [0.717, 1.165) is 14.0 Å². The van der Waals surface area contributed by atoms with Gasteiger partial charge in [-0.15, -0.1) is 0 Å². The fourth-order valence-corrected chi connectivity index (χ4v) is 3.57. The van der Waals surface area contributed by atoms with Gasteiger partial charge < -0.3 is 4.74 Å². The first-order valence-corrected chi connectivity index (χ1v) is 7.09. The van der Waals surface area contributed by atoms with Gasteiger partial charge in [0.2, 0.25) is 0 Å². The number of rotatable bonds is 5. The molecule has 0 spiro atoms. The zero-order valence-electron chi connectivity index (χ0n) is 8.52. The predicted octanol–water partition coefficient (Wildman–Crippen LogP) is -1.06. The standard InChI is InChI=1S/C6H12O8S2/c1-4(6(7)14-2)5(16(11,12)13)3-15(8,9)10/h4-5H,3H2,1-2H3,(H,8,9,10)(H,11,12,13). The molecule has 0 aliphatic heterocycles. The molecule has 2 atom stereocenters. The molecule has 10 heteroatoms. The van der Waals surface area contributed by atoms with E-state index in [1.165, 1.54) is 0 Å². The van der Waals surface area contributed by atoms with Crippen molar-refractivity contribution < 1.29 is 35.5 Å². The number of carbonyl (C=O) groups excluding carboxylic acids is 1. The largest absolute Gasteiger partial charge is 0.469 e. The van der Waals surface area contributed by atoms with Crippen LogP contribution in [-0.4, -0.2) is 50.0 Å². The Bertz CT molecular complexity index is 447. The maximum absolute atomic E-state index is 11.0. The summed E-state index contributed by atoms with van der Waals surface area (Å²) < 4.78 is 64.2. The quantitative estimate of drug-likeness (QED) is 0.479. The maximum atomic E-state index is 11.0. The molecule has 0 aromatic rings. The highest BCUT2D eigenvalue weighted by atomic mass is 32.2. The summed E-state index contributed by atoms with van der Waals surface area (Å²) >= 11 is 0. The molecule has 0 aromatic heterocycles. The van der Waals surface area contributed by atoms with E-state index in [1.807, 2.05) is 0 Å². The molecule has 0 aliphatic rings. The first kappa shape index (κ1) is 15.3. The number of hydrogen-bond acceptors (Lipinski definition) is 6. The lowest BCUT2D eigenvalue weighted by atomic mass is 10.1. The summed E-state index contributed by atoms with van der Waals surface area (Å²) in [7, 11) is -8.45. The molecule has 0 aliphatic carbocycles. The van der Waals surface area contributed by atoms with Gasteiger partial charge in [-0.05, 0) is 0 Å². The minimum atomic E-state index is -4.79. The van der Waals surface area contributed by atoms with E-state index in [9.17, 15) is 21.6 Å². The van der Waals surface area contributed by atoms with E-state index >= 15 is 0 Å². The van der Waals surface area contributed by atoms with Crippen molar-refractivity contribution in [1.29, 1.82) is 0 Å². The van der Waals surface area contributed by atoms with Crippen LogP contribution in [0.25, 0.3) is 0 Å². The van der Waals surface area contributed by atoms with Gasteiger partial charge in [0.15, 0.2) is 0 Å². The van der Waals surface area contributed by atoms with Gasteiger partial charge in [-0.3, -0.25) is 13.9 Å². The summed E-state index contributed by atoms with van der Waals surface area (Å²) in [6.45, 7) is 1.06. The lowest BCUT2D eigenvalue weighted by Crippen LogP contribution is -2.39. The van der Waals surface area contributed by atoms with Crippen molar-refractivity contribution in [3.8, 4) is 0 Å². The Labute approximate surface area is 93.1 Å². The Morgan fingerprint density at radius 2 is 1.69 bits per heavy atom. The van der Waals surface area contributed by atoms with Crippen molar-refractivity contribution in [1.82, 2.24) is 0 Å². The van der Waals surface area contributed by atoms with Crippen molar-refractivity contribution in [2.24, 2.45) is 5.92 Å². The third kappa shape index (κ3) is 4.88. The van der Waals surface area contributed by atoms with E-state index < -0.39 is 43.1 Å². The van der Waals surface area contributed by atoms with E-state index in [4.69, 9.17) is 9.11 Å². The first-order chi connectivity index (χ1) is 6.99. The molecule has 0 saturated heterocycles. The third-order valence-corrected chi connectivity index (χ3v) is 4.22. The highest BCUT2D eigenvalue weighted by Gasteiger charge is 2.37. The molecule has 0 aromatic carbocycles. The summed E-state index contributed by atoms with van der Waals surface area (Å²) in [5, 5.41) is -1.96. The second kappa shape index (κ2) is 5.08. The molecule has 0 amide bonds. The molecule has 0 fully saturated rings. The number of carbonyl (C=O) groups is 1. The Balaban J connectivity index is 5.21. The number of esters is 1. The van der Waals surface area contributed by atoms with Crippen LogP contribution < -0.4 is 0 Å². The van der Waals surface area contributed by atoms with E-state index in [-0.39, 0.29) is 0 Å².